The molecule has 3 aromatic rings. The highest BCUT2D eigenvalue weighted by Crippen LogP contribution is 2.42. The van der Waals surface area contributed by atoms with E-state index < -0.39 is 12.3 Å². The predicted octanol–water partition coefficient (Wildman–Crippen LogP) is 9.16. The highest BCUT2D eigenvalue weighted by molar-refractivity contribution is 5.22. The Morgan fingerprint density at radius 2 is 1.27 bits per heavy atom. The van der Waals surface area contributed by atoms with Crippen molar-refractivity contribution in [3.05, 3.63) is 119 Å². The Labute approximate surface area is 197 Å². The molecule has 0 saturated heterocycles. The second-order valence-electron chi connectivity index (χ2n) is 9.40. The quantitative estimate of drug-likeness (QED) is 0.273. The summed E-state index contributed by atoms with van der Waals surface area (Å²) in [5.41, 5.74) is 4.06. The van der Waals surface area contributed by atoms with Crippen LogP contribution < -0.4 is 0 Å². The summed E-state index contributed by atoms with van der Waals surface area (Å²) in [6, 6.07) is 29.5. The van der Waals surface area contributed by atoms with E-state index in [1.54, 1.807) is 0 Å². The molecule has 172 valence electrons. The van der Waals surface area contributed by atoms with Gasteiger partial charge in [0.1, 0.15) is 12.3 Å². The van der Waals surface area contributed by atoms with Crippen LogP contribution in [0.4, 0.5) is 8.78 Å². The lowest BCUT2D eigenvalue weighted by Gasteiger charge is -2.33. The fourth-order valence-electron chi connectivity index (χ4n) is 5.18. The average Bonchev–Trinajstić information content (AvgIpc) is 2.87. The zero-order valence-corrected chi connectivity index (χ0v) is 19.3. The van der Waals surface area contributed by atoms with Gasteiger partial charge in [0, 0.05) is 6.42 Å². The van der Waals surface area contributed by atoms with Crippen LogP contribution in [-0.2, 0) is 6.42 Å². The van der Waals surface area contributed by atoms with Gasteiger partial charge in [-0.2, -0.15) is 0 Å². The summed E-state index contributed by atoms with van der Waals surface area (Å²) < 4.78 is 30.1. The standard InChI is InChI=1S/C31H34F2/c32-30(26-14-6-2-7-15-26)22-25-19-20-29(23-31(33)27-16-8-3-9-17-27)28(21-25)18-10-13-24-11-4-1-5-12-24/h1-9,11-12,14-17,19,28-31H,10,13,18,20-23H2. The molecular weight excluding hydrogens is 410 g/mol. The Balaban J connectivity index is 1.41. The van der Waals surface area contributed by atoms with Crippen LogP contribution in [0.25, 0.3) is 0 Å². The normalized spacial score (nSPS) is 20.1. The van der Waals surface area contributed by atoms with Crippen LogP contribution in [0.15, 0.2) is 103 Å². The highest BCUT2D eigenvalue weighted by Gasteiger charge is 2.29. The number of benzene rings is 3. The SMILES string of the molecule is FC(CC1=CCC(CC(F)c2ccccc2)C(CCCc2ccccc2)C1)c1ccccc1. The molecule has 0 bridgehead atoms. The summed E-state index contributed by atoms with van der Waals surface area (Å²) in [5.74, 6) is 0.702. The molecule has 4 rings (SSSR count). The van der Waals surface area contributed by atoms with E-state index in [0.717, 1.165) is 43.2 Å². The summed E-state index contributed by atoms with van der Waals surface area (Å²) in [4.78, 5) is 0. The molecule has 2 heteroatoms. The van der Waals surface area contributed by atoms with Gasteiger partial charge < -0.3 is 0 Å². The van der Waals surface area contributed by atoms with Gasteiger partial charge in [-0.15, -0.1) is 0 Å². The number of allylic oxidation sites excluding steroid dienone is 2. The second kappa shape index (κ2) is 11.9. The van der Waals surface area contributed by atoms with Crippen molar-refractivity contribution in [2.24, 2.45) is 11.8 Å². The van der Waals surface area contributed by atoms with E-state index >= 15 is 4.39 Å². The Bertz CT molecular complexity index is 981. The maximum absolute atomic E-state index is 15.1. The first-order chi connectivity index (χ1) is 16.2. The molecule has 0 aromatic heterocycles. The van der Waals surface area contributed by atoms with Crippen molar-refractivity contribution >= 4 is 0 Å². The van der Waals surface area contributed by atoms with Gasteiger partial charge in [-0.05, 0) is 67.1 Å². The zero-order chi connectivity index (χ0) is 22.9. The van der Waals surface area contributed by atoms with Gasteiger partial charge in [0.15, 0.2) is 0 Å². The number of rotatable bonds is 10. The number of hydrogen-bond donors (Lipinski definition) is 0. The lowest BCUT2D eigenvalue weighted by Crippen LogP contribution is -2.21. The Kier molecular flexibility index (Phi) is 8.47. The maximum atomic E-state index is 15.1. The van der Waals surface area contributed by atoms with Crippen molar-refractivity contribution in [2.75, 3.05) is 0 Å². The largest absolute Gasteiger partial charge is 0.242 e. The summed E-state index contributed by atoms with van der Waals surface area (Å²) >= 11 is 0. The van der Waals surface area contributed by atoms with Crippen molar-refractivity contribution in [3.63, 3.8) is 0 Å². The Hall–Kier alpha value is -2.74. The molecule has 0 radical (unpaired) electrons. The molecule has 0 N–H and O–H groups in total. The van der Waals surface area contributed by atoms with Crippen LogP contribution in [-0.4, -0.2) is 0 Å². The molecule has 0 nitrogen and oxygen atoms in total. The van der Waals surface area contributed by atoms with Gasteiger partial charge in [-0.3, -0.25) is 0 Å². The van der Waals surface area contributed by atoms with Crippen LogP contribution >= 0.6 is 0 Å². The minimum atomic E-state index is -0.975. The van der Waals surface area contributed by atoms with Gasteiger partial charge in [0.05, 0.1) is 0 Å². The molecule has 4 atom stereocenters. The number of halogens is 2. The van der Waals surface area contributed by atoms with E-state index in [-0.39, 0.29) is 0 Å². The predicted molar refractivity (Wildman–Crippen MR) is 133 cm³/mol. The Morgan fingerprint density at radius 3 is 1.91 bits per heavy atom. The molecule has 1 aliphatic rings. The van der Waals surface area contributed by atoms with E-state index in [9.17, 15) is 4.39 Å². The fourth-order valence-corrected chi connectivity index (χ4v) is 5.18. The van der Waals surface area contributed by atoms with Gasteiger partial charge in [-0.25, -0.2) is 8.78 Å². The van der Waals surface area contributed by atoms with E-state index in [4.69, 9.17) is 0 Å². The summed E-state index contributed by atoms with van der Waals surface area (Å²) in [7, 11) is 0. The molecule has 0 saturated carbocycles. The zero-order valence-electron chi connectivity index (χ0n) is 19.3. The lowest BCUT2D eigenvalue weighted by molar-refractivity contribution is 0.197. The number of hydrogen-bond acceptors (Lipinski definition) is 0. The first kappa shape index (κ1) is 23.4. The monoisotopic (exact) mass is 444 g/mol. The molecular formula is C31H34F2. The fraction of sp³-hybridized carbons (Fsp3) is 0.355. The minimum Gasteiger partial charge on any atom is -0.242 e. The van der Waals surface area contributed by atoms with Gasteiger partial charge in [0.25, 0.3) is 0 Å². The Morgan fingerprint density at radius 1 is 0.697 bits per heavy atom. The van der Waals surface area contributed by atoms with Gasteiger partial charge >= 0.3 is 0 Å². The molecule has 3 aromatic carbocycles. The number of aryl methyl sites for hydroxylation is 1. The third kappa shape index (κ3) is 6.87. The summed E-state index contributed by atoms with van der Waals surface area (Å²) in [5, 5.41) is 0. The lowest BCUT2D eigenvalue weighted by atomic mass is 9.73. The van der Waals surface area contributed by atoms with Crippen LogP contribution in [0, 0.1) is 11.8 Å². The smallest absolute Gasteiger partial charge is 0.129 e. The summed E-state index contributed by atoms with van der Waals surface area (Å²) in [6.07, 6.45) is 6.18. The average molecular weight is 445 g/mol. The first-order valence-corrected chi connectivity index (χ1v) is 12.3. The van der Waals surface area contributed by atoms with Crippen molar-refractivity contribution < 1.29 is 8.78 Å². The molecule has 33 heavy (non-hydrogen) atoms. The van der Waals surface area contributed by atoms with Crippen LogP contribution in [0.1, 0.15) is 67.6 Å². The van der Waals surface area contributed by atoms with Crippen molar-refractivity contribution in [2.45, 2.75) is 57.3 Å². The molecule has 1 aliphatic carbocycles. The molecule has 0 aliphatic heterocycles. The molecule has 0 spiro atoms. The minimum absolute atomic E-state index is 0.300. The molecule has 4 unspecified atom stereocenters. The van der Waals surface area contributed by atoms with Gasteiger partial charge in [0.2, 0.25) is 0 Å². The molecule has 0 amide bonds. The number of alkyl halides is 2. The second-order valence-corrected chi connectivity index (χ2v) is 9.40. The van der Waals surface area contributed by atoms with E-state index in [0.29, 0.717) is 24.7 Å². The van der Waals surface area contributed by atoms with Gasteiger partial charge in [-0.1, -0.05) is 103 Å². The van der Waals surface area contributed by atoms with E-state index in [1.807, 2.05) is 66.7 Å². The van der Waals surface area contributed by atoms with Crippen LogP contribution in [0.5, 0.6) is 0 Å². The third-order valence-electron chi connectivity index (χ3n) is 7.06. The van der Waals surface area contributed by atoms with Crippen molar-refractivity contribution in [3.8, 4) is 0 Å². The summed E-state index contributed by atoms with van der Waals surface area (Å²) in [6.45, 7) is 0. The third-order valence-corrected chi connectivity index (χ3v) is 7.06. The highest BCUT2D eigenvalue weighted by atomic mass is 19.1. The van der Waals surface area contributed by atoms with Crippen LogP contribution in [0.3, 0.4) is 0 Å². The van der Waals surface area contributed by atoms with E-state index in [1.165, 1.54) is 11.1 Å². The molecule has 0 heterocycles. The van der Waals surface area contributed by atoms with Crippen molar-refractivity contribution in [1.82, 2.24) is 0 Å². The van der Waals surface area contributed by atoms with E-state index in [2.05, 4.69) is 30.3 Å². The van der Waals surface area contributed by atoms with Crippen LogP contribution in [0.2, 0.25) is 0 Å². The topological polar surface area (TPSA) is 0 Å². The first-order valence-electron chi connectivity index (χ1n) is 12.3. The molecule has 0 fully saturated rings. The maximum Gasteiger partial charge on any atom is 0.129 e. The van der Waals surface area contributed by atoms with Crippen molar-refractivity contribution in [1.29, 1.82) is 0 Å².